The fourth-order valence-electron chi connectivity index (χ4n) is 1.82. The van der Waals surface area contributed by atoms with Crippen molar-refractivity contribution in [3.63, 3.8) is 0 Å². The smallest absolute Gasteiger partial charge is 0.161 e. The number of aliphatic hydroxyl groups excluding tert-OH is 1. The van der Waals surface area contributed by atoms with Gasteiger partial charge in [-0.3, -0.25) is 4.79 Å². The summed E-state index contributed by atoms with van der Waals surface area (Å²) >= 11 is 0. The van der Waals surface area contributed by atoms with Crippen molar-refractivity contribution in [3.8, 4) is 0 Å². The number of rotatable bonds is 0. The average molecular weight is 156 g/mol. The highest BCUT2D eigenvalue weighted by atomic mass is 16.5. The summed E-state index contributed by atoms with van der Waals surface area (Å²) < 4.78 is 5.35. The molecular formula is C8H12O3. The van der Waals surface area contributed by atoms with Gasteiger partial charge in [-0.2, -0.15) is 0 Å². The van der Waals surface area contributed by atoms with Crippen molar-refractivity contribution < 1.29 is 14.6 Å². The third kappa shape index (κ3) is 1.19. The molecule has 62 valence electrons. The largest absolute Gasteiger partial charge is 0.390 e. The Hall–Kier alpha value is -0.410. The summed E-state index contributed by atoms with van der Waals surface area (Å²) in [4.78, 5) is 11.2. The van der Waals surface area contributed by atoms with Crippen LogP contribution in [0, 0.1) is 0 Å². The number of hydrogen-bond donors (Lipinski definition) is 1. The van der Waals surface area contributed by atoms with E-state index >= 15 is 0 Å². The second-order valence-electron chi connectivity index (χ2n) is 3.31. The van der Waals surface area contributed by atoms with Crippen LogP contribution in [0.5, 0.6) is 0 Å². The second-order valence-corrected chi connectivity index (χ2v) is 3.31. The number of aliphatic hydroxyl groups is 1. The lowest BCUT2D eigenvalue weighted by Gasteiger charge is -2.13. The molecule has 0 aromatic heterocycles. The van der Waals surface area contributed by atoms with Crippen LogP contribution in [-0.2, 0) is 9.53 Å². The molecule has 3 nitrogen and oxygen atoms in total. The molecule has 0 amide bonds. The van der Waals surface area contributed by atoms with E-state index in [0.717, 1.165) is 12.8 Å². The summed E-state index contributed by atoms with van der Waals surface area (Å²) in [7, 11) is 0. The molecule has 11 heavy (non-hydrogen) atoms. The molecule has 2 rings (SSSR count). The quantitative estimate of drug-likeness (QED) is 0.547. The van der Waals surface area contributed by atoms with Gasteiger partial charge in [-0.25, -0.2) is 0 Å². The van der Waals surface area contributed by atoms with Gasteiger partial charge in [0.25, 0.3) is 0 Å². The minimum absolute atomic E-state index is 0.0635. The maximum absolute atomic E-state index is 11.2. The fourth-order valence-corrected chi connectivity index (χ4v) is 1.82. The first-order valence-electron chi connectivity index (χ1n) is 4.13. The van der Waals surface area contributed by atoms with Gasteiger partial charge in [0.2, 0.25) is 0 Å². The van der Waals surface area contributed by atoms with E-state index in [2.05, 4.69) is 0 Å². The first kappa shape index (κ1) is 7.25. The molecule has 2 fully saturated rings. The fraction of sp³-hybridized carbons (Fsp3) is 0.875. The van der Waals surface area contributed by atoms with E-state index in [9.17, 15) is 9.90 Å². The molecule has 0 unspecified atom stereocenters. The molecule has 2 aliphatic rings. The van der Waals surface area contributed by atoms with E-state index in [4.69, 9.17) is 4.74 Å². The molecule has 3 atom stereocenters. The summed E-state index contributed by atoms with van der Waals surface area (Å²) in [6.07, 6.45) is 2.05. The van der Waals surface area contributed by atoms with E-state index in [1.165, 1.54) is 0 Å². The van der Waals surface area contributed by atoms with Crippen LogP contribution in [0.4, 0.5) is 0 Å². The van der Waals surface area contributed by atoms with Crippen LogP contribution in [0.25, 0.3) is 0 Å². The maximum atomic E-state index is 11.2. The Balaban J connectivity index is 2.13. The Labute approximate surface area is 65.4 Å². The van der Waals surface area contributed by atoms with Crippen LogP contribution < -0.4 is 0 Å². The molecule has 0 aromatic carbocycles. The molecule has 2 bridgehead atoms. The lowest BCUT2D eigenvalue weighted by molar-refractivity contribution is -0.128. The highest BCUT2D eigenvalue weighted by Crippen LogP contribution is 2.29. The minimum atomic E-state index is -0.411. The van der Waals surface area contributed by atoms with Crippen LogP contribution in [0.3, 0.4) is 0 Å². The normalized spacial score (nSPS) is 44.1. The highest BCUT2D eigenvalue weighted by molar-refractivity contribution is 5.83. The van der Waals surface area contributed by atoms with E-state index < -0.39 is 6.10 Å². The molecule has 2 heterocycles. The van der Waals surface area contributed by atoms with Gasteiger partial charge in [-0.05, 0) is 19.3 Å². The molecule has 1 N–H and O–H groups in total. The van der Waals surface area contributed by atoms with Crippen molar-refractivity contribution in [1.29, 1.82) is 0 Å². The zero-order chi connectivity index (χ0) is 7.84. The number of Topliss-reactive ketones (excluding diaryl/α,β-unsaturated/α-hetero) is 1. The van der Waals surface area contributed by atoms with E-state index in [0.29, 0.717) is 12.8 Å². The molecular weight excluding hydrogens is 144 g/mol. The van der Waals surface area contributed by atoms with Crippen molar-refractivity contribution in [2.45, 2.75) is 44.0 Å². The molecule has 2 saturated heterocycles. The van der Waals surface area contributed by atoms with Gasteiger partial charge in [-0.1, -0.05) is 0 Å². The summed E-state index contributed by atoms with van der Waals surface area (Å²) in [6, 6.07) is 0. The molecule has 0 aliphatic carbocycles. The predicted molar refractivity (Wildman–Crippen MR) is 38.1 cm³/mol. The van der Waals surface area contributed by atoms with Crippen LogP contribution in [-0.4, -0.2) is 29.2 Å². The van der Waals surface area contributed by atoms with Gasteiger partial charge in [0.15, 0.2) is 5.78 Å². The molecule has 0 aromatic rings. The molecule has 0 saturated carbocycles. The van der Waals surface area contributed by atoms with Crippen LogP contribution in [0.1, 0.15) is 25.7 Å². The third-order valence-corrected chi connectivity index (χ3v) is 2.53. The number of carbonyl (C=O) groups is 1. The van der Waals surface area contributed by atoms with E-state index in [1.807, 2.05) is 0 Å². The Morgan fingerprint density at radius 1 is 1.36 bits per heavy atom. The Bertz CT molecular complexity index is 178. The van der Waals surface area contributed by atoms with Crippen LogP contribution in [0.2, 0.25) is 0 Å². The Kier molecular flexibility index (Phi) is 1.69. The standard InChI is InChI=1S/C8H12O3/c9-5-1-2-6(10)8-4-3-7(5)11-8/h5,7-9H,1-4H2/t5-,7+,8-/m0/s1. The van der Waals surface area contributed by atoms with E-state index in [1.54, 1.807) is 0 Å². The number of fused-ring (bicyclic) bond motifs is 2. The first-order valence-corrected chi connectivity index (χ1v) is 4.13. The number of carbonyl (C=O) groups excluding carboxylic acids is 1. The third-order valence-electron chi connectivity index (χ3n) is 2.53. The van der Waals surface area contributed by atoms with Crippen molar-refractivity contribution in [2.75, 3.05) is 0 Å². The molecule has 0 spiro atoms. The van der Waals surface area contributed by atoms with Crippen molar-refractivity contribution >= 4 is 5.78 Å². The highest BCUT2D eigenvalue weighted by Gasteiger charge is 2.37. The maximum Gasteiger partial charge on any atom is 0.161 e. The van der Waals surface area contributed by atoms with Gasteiger partial charge in [0, 0.05) is 6.42 Å². The number of hydrogen-bond acceptors (Lipinski definition) is 3. The zero-order valence-electron chi connectivity index (χ0n) is 6.32. The SMILES string of the molecule is O=C1CC[C@H](O)[C@H]2CC[C@@H]1O2. The second kappa shape index (κ2) is 2.57. The summed E-state index contributed by atoms with van der Waals surface area (Å²) in [5.74, 6) is 0.170. The van der Waals surface area contributed by atoms with Crippen molar-refractivity contribution in [2.24, 2.45) is 0 Å². The monoisotopic (exact) mass is 156 g/mol. The molecule has 0 radical (unpaired) electrons. The van der Waals surface area contributed by atoms with Crippen LogP contribution in [0.15, 0.2) is 0 Å². The Morgan fingerprint density at radius 2 is 2.18 bits per heavy atom. The first-order chi connectivity index (χ1) is 5.27. The van der Waals surface area contributed by atoms with Crippen LogP contribution >= 0.6 is 0 Å². The summed E-state index contributed by atoms with van der Waals surface area (Å²) in [5.41, 5.74) is 0. The lowest BCUT2D eigenvalue weighted by Crippen LogP contribution is -2.23. The Morgan fingerprint density at radius 3 is 3.00 bits per heavy atom. The topological polar surface area (TPSA) is 46.5 Å². The van der Waals surface area contributed by atoms with Gasteiger partial charge in [0.05, 0.1) is 12.2 Å². The summed E-state index contributed by atoms with van der Waals surface area (Å²) in [6.45, 7) is 0. The predicted octanol–water partition coefficient (Wildman–Crippen LogP) is 0.258. The van der Waals surface area contributed by atoms with Gasteiger partial charge in [0.1, 0.15) is 6.10 Å². The molecule has 3 heteroatoms. The van der Waals surface area contributed by atoms with E-state index in [-0.39, 0.29) is 18.0 Å². The van der Waals surface area contributed by atoms with Gasteiger partial charge >= 0.3 is 0 Å². The van der Waals surface area contributed by atoms with Gasteiger partial charge in [-0.15, -0.1) is 0 Å². The number of ketones is 1. The van der Waals surface area contributed by atoms with Crippen molar-refractivity contribution in [3.05, 3.63) is 0 Å². The average Bonchev–Trinajstić information content (AvgIpc) is 2.42. The minimum Gasteiger partial charge on any atom is -0.390 e. The summed E-state index contributed by atoms with van der Waals surface area (Å²) in [5, 5.41) is 9.42. The lowest BCUT2D eigenvalue weighted by atomic mass is 9.98. The van der Waals surface area contributed by atoms with Crippen molar-refractivity contribution in [1.82, 2.24) is 0 Å². The zero-order valence-corrected chi connectivity index (χ0v) is 6.32. The molecule has 2 aliphatic heterocycles. The van der Waals surface area contributed by atoms with Gasteiger partial charge < -0.3 is 9.84 Å². The number of ether oxygens (including phenoxy) is 1.